The molecule has 1 saturated carbocycles. The zero-order chi connectivity index (χ0) is 14.9. The summed E-state index contributed by atoms with van der Waals surface area (Å²) in [5.41, 5.74) is -0.788. The van der Waals surface area contributed by atoms with E-state index in [0.29, 0.717) is 0 Å². The molecule has 1 aliphatic rings. The van der Waals surface area contributed by atoms with Gasteiger partial charge in [-0.25, -0.2) is 0 Å². The minimum atomic E-state index is -4.48. The van der Waals surface area contributed by atoms with Gasteiger partial charge in [0.05, 0.1) is 16.3 Å². The summed E-state index contributed by atoms with van der Waals surface area (Å²) >= 11 is 10.6. The van der Waals surface area contributed by atoms with Crippen molar-refractivity contribution in [3.8, 4) is 0 Å². The number of carbonyl (C=O) groups excluding carboxylic acids is 1. The largest absolute Gasteiger partial charge is 0.416 e. The molecule has 1 aromatic rings. The van der Waals surface area contributed by atoms with Gasteiger partial charge in [-0.15, -0.1) is 0 Å². The Bertz CT molecular complexity index is 558. The zero-order valence-corrected chi connectivity index (χ0v) is 11.6. The average molecular weight is 323 g/mol. The molecule has 0 aliphatic heterocycles. The number of alkyl halides is 3. The van der Waals surface area contributed by atoms with Gasteiger partial charge in [0.2, 0.25) is 0 Å². The molecule has 0 radical (unpaired) electrons. The summed E-state index contributed by atoms with van der Waals surface area (Å²) in [5.74, 6) is -0.589. The molecule has 0 saturated heterocycles. The number of hydrogen-bond donors (Lipinski definition) is 2. The summed E-state index contributed by atoms with van der Waals surface area (Å²) in [6, 6.07) is 2.92. The van der Waals surface area contributed by atoms with Crippen molar-refractivity contribution < 1.29 is 18.0 Å². The van der Waals surface area contributed by atoms with Crippen molar-refractivity contribution in [1.82, 2.24) is 5.32 Å². The summed E-state index contributed by atoms with van der Waals surface area (Å²) in [6.07, 6.45) is -2.57. The number of anilines is 1. The highest BCUT2D eigenvalue weighted by atomic mass is 35.5. The maximum atomic E-state index is 12.5. The number of amides is 1. The second-order valence-corrected chi connectivity index (χ2v) is 5.21. The first kappa shape index (κ1) is 15.1. The molecular formula is C12H10ClF3N2OS. The number of rotatable bonds is 2. The van der Waals surface area contributed by atoms with E-state index in [-0.39, 0.29) is 21.7 Å². The first-order chi connectivity index (χ1) is 9.27. The van der Waals surface area contributed by atoms with E-state index in [0.717, 1.165) is 31.0 Å². The van der Waals surface area contributed by atoms with Crippen LogP contribution in [0.15, 0.2) is 18.2 Å². The van der Waals surface area contributed by atoms with E-state index in [4.69, 9.17) is 23.8 Å². The third kappa shape index (κ3) is 3.83. The van der Waals surface area contributed by atoms with E-state index < -0.39 is 17.6 Å². The Morgan fingerprint density at radius 3 is 2.50 bits per heavy atom. The molecular weight excluding hydrogens is 313 g/mol. The van der Waals surface area contributed by atoms with E-state index in [1.54, 1.807) is 0 Å². The lowest BCUT2D eigenvalue weighted by molar-refractivity contribution is -0.137. The van der Waals surface area contributed by atoms with Gasteiger partial charge in [0.1, 0.15) is 0 Å². The van der Waals surface area contributed by atoms with Crippen molar-refractivity contribution >= 4 is 40.4 Å². The van der Waals surface area contributed by atoms with Gasteiger partial charge < -0.3 is 10.6 Å². The van der Waals surface area contributed by atoms with Crippen molar-refractivity contribution in [1.29, 1.82) is 0 Å². The Hall–Kier alpha value is -1.34. The highest BCUT2D eigenvalue weighted by Crippen LogP contribution is 2.33. The minimum absolute atomic E-state index is 0.00321. The van der Waals surface area contributed by atoms with Crippen LogP contribution in [0, 0.1) is 0 Å². The molecule has 0 unspecified atom stereocenters. The maximum Gasteiger partial charge on any atom is 0.416 e. The van der Waals surface area contributed by atoms with Gasteiger partial charge in [0.25, 0.3) is 5.91 Å². The van der Waals surface area contributed by atoms with Gasteiger partial charge in [0.15, 0.2) is 4.99 Å². The standard InChI is InChI=1S/C12H10ClF3N2OS/c13-8-5-6(12(14,15)16)1-4-9(8)18-10(19)11(20)17-7-2-3-7/h1,4-5,7H,2-3H2,(H,17,20)(H,18,19). The lowest BCUT2D eigenvalue weighted by atomic mass is 10.2. The van der Waals surface area contributed by atoms with Gasteiger partial charge in [-0.2, -0.15) is 13.2 Å². The van der Waals surface area contributed by atoms with Crippen molar-refractivity contribution in [2.24, 2.45) is 0 Å². The Morgan fingerprint density at radius 1 is 1.35 bits per heavy atom. The Kier molecular flexibility index (Phi) is 4.19. The quantitative estimate of drug-likeness (QED) is 0.820. The van der Waals surface area contributed by atoms with Crippen LogP contribution in [0.25, 0.3) is 0 Å². The van der Waals surface area contributed by atoms with Crippen LogP contribution in [0.1, 0.15) is 18.4 Å². The molecule has 0 heterocycles. The zero-order valence-electron chi connectivity index (χ0n) is 10.1. The number of hydrogen-bond acceptors (Lipinski definition) is 2. The minimum Gasteiger partial charge on any atom is -0.369 e. The molecule has 3 nitrogen and oxygen atoms in total. The molecule has 20 heavy (non-hydrogen) atoms. The molecule has 1 amide bonds. The van der Waals surface area contributed by atoms with Crippen LogP contribution in [0.2, 0.25) is 5.02 Å². The maximum absolute atomic E-state index is 12.5. The second kappa shape index (κ2) is 5.57. The SMILES string of the molecule is O=C(Nc1ccc(C(F)(F)F)cc1Cl)C(=S)NC1CC1. The van der Waals surface area contributed by atoms with Gasteiger partial charge in [0, 0.05) is 6.04 Å². The molecule has 2 rings (SSSR count). The second-order valence-electron chi connectivity index (χ2n) is 4.39. The van der Waals surface area contributed by atoms with Crippen LogP contribution in [0.5, 0.6) is 0 Å². The lowest BCUT2D eigenvalue weighted by Crippen LogP contribution is -2.35. The fraction of sp³-hybridized carbons (Fsp3) is 0.333. The smallest absolute Gasteiger partial charge is 0.369 e. The normalized spacial score (nSPS) is 14.8. The molecule has 0 bridgehead atoms. The van der Waals surface area contributed by atoms with Crippen molar-refractivity contribution in [3.05, 3.63) is 28.8 Å². The number of halogens is 4. The van der Waals surface area contributed by atoms with Crippen LogP contribution in [-0.2, 0) is 11.0 Å². The molecule has 0 spiro atoms. The fourth-order valence-electron chi connectivity index (χ4n) is 1.45. The topological polar surface area (TPSA) is 41.1 Å². The molecule has 1 aliphatic carbocycles. The summed E-state index contributed by atoms with van der Waals surface area (Å²) < 4.78 is 37.4. The third-order valence-corrected chi connectivity index (χ3v) is 3.28. The van der Waals surface area contributed by atoms with Crippen LogP contribution >= 0.6 is 23.8 Å². The first-order valence-electron chi connectivity index (χ1n) is 5.76. The number of thiocarbonyl (C=S) groups is 1. The Morgan fingerprint density at radius 2 is 2.00 bits per heavy atom. The highest BCUT2D eigenvalue weighted by Gasteiger charge is 2.31. The van der Waals surface area contributed by atoms with Gasteiger partial charge >= 0.3 is 6.18 Å². The van der Waals surface area contributed by atoms with Gasteiger partial charge in [-0.05, 0) is 31.0 Å². The summed E-state index contributed by atoms with van der Waals surface area (Å²) in [4.78, 5) is 11.7. The Balaban J connectivity index is 2.05. The molecule has 1 aromatic carbocycles. The molecule has 108 valence electrons. The van der Waals surface area contributed by atoms with Crippen molar-refractivity contribution in [2.75, 3.05) is 5.32 Å². The van der Waals surface area contributed by atoms with Crippen molar-refractivity contribution in [3.63, 3.8) is 0 Å². The summed E-state index contributed by atoms with van der Waals surface area (Å²) in [6.45, 7) is 0. The lowest BCUT2D eigenvalue weighted by Gasteiger charge is -2.12. The third-order valence-electron chi connectivity index (χ3n) is 2.66. The number of carbonyl (C=O) groups is 1. The molecule has 1 fully saturated rings. The summed E-state index contributed by atoms with van der Waals surface area (Å²) in [7, 11) is 0. The molecule has 0 atom stereocenters. The average Bonchev–Trinajstić information content (AvgIpc) is 3.14. The Labute approximate surface area is 123 Å². The predicted molar refractivity (Wildman–Crippen MR) is 73.8 cm³/mol. The summed E-state index contributed by atoms with van der Waals surface area (Å²) in [5, 5.41) is 5.01. The molecule has 2 N–H and O–H groups in total. The van der Waals surface area contributed by atoms with Gasteiger partial charge in [-0.3, -0.25) is 4.79 Å². The van der Waals surface area contributed by atoms with Crippen molar-refractivity contribution in [2.45, 2.75) is 25.1 Å². The van der Waals surface area contributed by atoms with Crippen LogP contribution in [0.3, 0.4) is 0 Å². The van der Waals surface area contributed by atoms with Gasteiger partial charge in [-0.1, -0.05) is 23.8 Å². The van der Waals surface area contributed by atoms with E-state index in [2.05, 4.69) is 10.6 Å². The first-order valence-corrected chi connectivity index (χ1v) is 6.54. The van der Waals surface area contributed by atoms with Crippen LogP contribution in [-0.4, -0.2) is 16.9 Å². The number of nitrogens with one attached hydrogen (secondary N) is 2. The van der Waals surface area contributed by atoms with E-state index >= 15 is 0 Å². The van der Waals surface area contributed by atoms with Crippen LogP contribution in [0.4, 0.5) is 18.9 Å². The van der Waals surface area contributed by atoms with E-state index in [1.807, 2.05) is 0 Å². The predicted octanol–water partition coefficient (Wildman–Crippen LogP) is 3.38. The number of benzene rings is 1. The van der Waals surface area contributed by atoms with Crippen LogP contribution < -0.4 is 10.6 Å². The molecule has 8 heteroatoms. The van der Waals surface area contributed by atoms with E-state index in [9.17, 15) is 18.0 Å². The van der Waals surface area contributed by atoms with E-state index in [1.165, 1.54) is 0 Å². The fourth-order valence-corrected chi connectivity index (χ4v) is 1.90. The monoisotopic (exact) mass is 322 g/mol. The molecule has 0 aromatic heterocycles. The highest BCUT2D eigenvalue weighted by molar-refractivity contribution is 7.82.